The van der Waals surface area contributed by atoms with Crippen molar-refractivity contribution in [2.75, 3.05) is 27.4 Å². The third kappa shape index (κ3) is 9.60. The highest BCUT2D eigenvalue weighted by molar-refractivity contribution is 8.77. The molecule has 0 amide bonds. The number of hydrogen-bond acceptors (Lipinski definition) is 12. The van der Waals surface area contributed by atoms with E-state index >= 15 is 0 Å². The number of rotatable bonds is 13. The van der Waals surface area contributed by atoms with Gasteiger partial charge in [0.25, 0.3) is 0 Å². The predicted molar refractivity (Wildman–Crippen MR) is 138 cm³/mol. The molecule has 4 N–H and O–H groups in total. The van der Waals surface area contributed by atoms with Crippen molar-refractivity contribution >= 4 is 45.3 Å². The predicted octanol–water partition coefficient (Wildman–Crippen LogP) is -0.530. The monoisotopic (exact) mass is 580 g/mol. The zero-order chi connectivity index (χ0) is 28.2. The third-order valence-corrected chi connectivity index (χ3v) is 10.2. The molecule has 14 nitrogen and oxygen atoms in total. The molecule has 2 rings (SSSR count). The average molecular weight is 581 g/mol. The van der Waals surface area contributed by atoms with Gasteiger partial charge in [-0.05, 0) is 25.7 Å². The van der Waals surface area contributed by atoms with Crippen LogP contribution in [0.15, 0.2) is 0 Å². The molecule has 0 aromatic carbocycles. The summed E-state index contributed by atoms with van der Waals surface area (Å²) in [6.07, 6.45) is 2.51. The molecule has 0 heterocycles. The van der Waals surface area contributed by atoms with Crippen LogP contribution in [0.25, 0.3) is 0 Å². The summed E-state index contributed by atoms with van der Waals surface area (Å²) in [5.74, 6) is -2.64. The maximum Gasteiger partial charge on any atom is 0.336 e. The standard InChI is InChI=1S/C22H34N4O10S2/c1-33-19(23)7-9-35-21(27)15-11-13(3-5-17(15)25(29)30)37-38-14-4-6-18(26(31)32)16(12-14)22(28)36-10-8-20(24)34-2/h13-18,23-24H,3-12H2,1-2H3/p+2. The highest BCUT2D eigenvalue weighted by atomic mass is 33.1. The second-order valence-electron chi connectivity index (χ2n) is 9.16. The summed E-state index contributed by atoms with van der Waals surface area (Å²) >= 11 is 0. The number of methoxy groups -OCH3 is 2. The molecule has 0 radical (unpaired) electrons. The molecule has 6 atom stereocenters. The Bertz CT molecular complexity index is 822. The molecular formula is C22H36N4O10S2+2. The molecule has 0 aliphatic heterocycles. The Morgan fingerprint density at radius 2 is 1.13 bits per heavy atom. The molecule has 2 saturated carbocycles. The van der Waals surface area contributed by atoms with Gasteiger partial charge < -0.3 is 18.9 Å². The summed E-state index contributed by atoms with van der Waals surface area (Å²) in [5.41, 5.74) is 0. The number of carbonyl (C=O) groups is 2. The number of carbonyl (C=O) groups excluding carboxylic acids is 2. The van der Waals surface area contributed by atoms with Crippen molar-refractivity contribution in [3.8, 4) is 0 Å². The topological polar surface area (TPSA) is 209 Å². The second kappa shape index (κ2) is 15.7. The van der Waals surface area contributed by atoms with Crippen LogP contribution in [0.1, 0.15) is 51.4 Å². The number of nitrogens with zero attached hydrogens (tertiary/aromatic N) is 2. The van der Waals surface area contributed by atoms with Crippen molar-refractivity contribution in [3.63, 3.8) is 0 Å². The SMILES string of the molecule is COC(=[NH2+])CCOC(=O)C1CC(SSC2CCC([N+](=O)[O-])C(C(=O)OCCC(=[NH2+])OC)C2)CCC1[N+](=O)[O-]. The average Bonchev–Trinajstić information content (AvgIpc) is 2.90. The third-order valence-electron chi connectivity index (χ3n) is 6.72. The van der Waals surface area contributed by atoms with Gasteiger partial charge in [-0.1, -0.05) is 21.6 Å². The lowest BCUT2D eigenvalue weighted by Gasteiger charge is -2.32. The highest BCUT2D eigenvalue weighted by Crippen LogP contribution is 2.45. The van der Waals surface area contributed by atoms with Gasteiger partial charge in [0.05, 0.1) is 14.2 Å². The van der Waals surface area contributed by atoms with Crippen LogP contribution in [-0.2, 0) is 28.5 Å². The Labute approximate surface area is 227 Å². The summed E-state index contributed by atoms with van der Waals surface area (Å²) < 4.78 is 20.1. The number of nitro groups is 2. The maximum absolute atomic E-state index is 12.6. The molecule has 0 saturated heterocycles. The molecular weight excluding hydrogens is 544 g/mol. The van der Waals surface area contributed by atoms with Gasteiger partial charge in [0.15, 0.2) is 0 Å². The maximum atomic E-state index is 12.6. The van der Waals surface area contributed by atoms with Crippen LogP contribution in [0.4, 0.5) is 0 Å². The van der Waals surface area contributed by atoms with Gasteiger partial charge >= 0.3 is 23.7 Å². The fourth-order valence-electron chi connectivity index (χ4n) is 4.50. The number of ether oxygens (including phenoxy) is 4. The van der Waals surface area contributed by atoms with Crippen LogP contribution >= 0.6 is 21.6 Å². The lowest BCUT2D eigenvalue weighted by atomic mass is 9.84. The Morgan fingerprint density at radius 1 is 0.763 bits per heavy atom. The first-order chi connectivity index (χ1) is 18.1. The van der Waals surface area contributed by atoms with Crippen LogP contribution < -0.4 is 10.8 Å². The van der Waals surface area contributed by atoms with Crippen molar-refractivity contribution in [2.24, 2.45) is 11.8 Å². The van der Waals surface area contributed by atoms with Crippen molar-refractivity contribution in [2.45, 2.75) is 74.0 Å². The van der Waals surface area contributed by atoms with Gasteiger partial charge in [-0.3, -0.25) is 29.8 Å². The summed E-state index contributed by atoms with van der Waals surface area (Å²) in [6.45, 7) is -0.0570. The molecule has 6 unspecified atom stereocenters. The van der Waals surface area contributed by atoms with Gasteiger partial charge in [0.2, 0.25) is 12.1 Å². The lowest BCUT2D eigenvalue weighted by molar-refractivity contribution is -0.533. The highest BCUT2D eigenvalue weighted by Gasteiger charge is 2.46. The Morgan fingerprint density at radius 3 is 1.45 bits per heavy atom. The molecule has 0 aromatic heterocycles. The van der Waals surface area contributed by atoms with E-state index in [1.165, 1.54) is 35.8 Å². The number of nitrogens with two attached hydrogens (primary N) is 2. The molecule has 0 aromatic rings. The normalized spacial score (nSPS) is 27.0. The number of hydrogen-bond donors (Lipinski definition) is 2. The minimum Gasteiger partial charge on any atom is -0.465 e. The number of esters is 2. The summed E-state index contributed by atoms with van der Waals surface area (Å²) in [6, 6.07) is -2.04. The van der Waals surface area contributed by atoms with E-state index in [4.69, 9.17) is 29.8 Å². The summed E-state index contributed by atoms with van der Waals surface area (Å²) in [5, 5.41) is 34.1. The molecule has 16 heteroatoms. The Kier molecular flexibility index (Phi) is 13.1. The van der Waals surface area contributed by atoms with Crippen LogP contribution in [0.3, 0.4) is 0 Å². The van der Waals surface area contributed by atoms with Crippen molar-refractivity contribution in [3.05, 3.63) is 20.2 Å². The molecule has 0 bridgehead atoms. The van der Waals surface area contributed by atoms with E-state index < -0.39 is 45.7 Å². The molecule has 0 spiro atoms. The van der Waals surface area contributed by atoms with E-state index in [0.29, 0.717) is 12.8 Å². The van der Waals surface area contributed by atoms with Gasteiger partial charge in [0, 0.05) is 33.2 Å². The van der Waals surface area contributed by atoms with E-state index in [0.717, 1.165) is 0 Å². The second-order valence-corrected chi connectivity index (χ2v) is 12.0. The zero-order valence-corrected chi connectivity index (χ0v) is 23.1. The summed E-state index contributed by atoms with van der Waals surface area (Å²) in [4.78, 5) is 47.5. The van der Waals surface area contributed by atoms with Gasteiger partial charge in [-0.2, -0.15) is 0 Å². The van der Waals surface area contributed by atoms with Crippen LogP contribution in [0.2, 0.25) is 0 Å². The van der Waals surface area contributed by atoms with Crippen molar-refractivity contribution < 1.29 is 49.2 Å². The molecule has 2 aliphatic rings. The van der Waals surface area contributed by atoms with Gasteiger partial charge in [0.1, 0.15) is 37.9 Å². The van der Waals surface area contributed by atoms with Crippen LogP contribution in [0.5, 0.6) is 0 Å². The van der Waals surface area contributed by atoms with Gasteiger partial charge in [-0.15, -0.1) is 0 Å². The Balaban J connectivity index is 1.92. The largest absolute Gasteiger partial charge is 0.465 e. The van der Waals surface area contributed by atoms with Crippen molar-refractivity contribution in [1.29, 1.82) is 0 Å². The first kappa shape index (κ1) is 31.6. The fraction of sp³-hybridized carbons (Fsp3) is 0.818. The van der Waals surface area contributed by atoms with E-state index in [-0.39, 0.29) is 74.0 Å². The summed E-state index contributed by atoms with van der Waals surface area (Å²) in [7, 11) is 5.80. The quantitative estimate of drug-likeness (QED) is 0.0703. The molecule has 214 valence electrons. The van der Waals surface area contributed by atoms with Crippen molar-refractivity contribution in [1.82, 2.24) is 0 Å². The van der Waals surface area contributed by atoms with E-state index in [2.05, 4.69) is 0 Å². The minimum absolute atomic E-state index is 0.0285. The van der Waals surface area contributed by atoms with E-state index in [1.807, 2.05) is 0 Å². The molecule has 2 fully saturated rings. The van der Waals surface area contributed by atoms with Crippen LogP contribution in [0, 0.1) is 32.1 Å². The lowest BCUT2D eigenvalue weighted by Crippen LogP contribution is -2.43. The zero-order valence-electron chi connectivity index (χ0n) is 21.5. The first-order valence-electron chi connectivity index (χ1n) is 12.3. The minimum atomic E-state index is -1.02. The van der Waals surface area contributed by atoms with Crippen LogP contribution in [-0.4, -0.2) is 83.6 Å². The van der Waals surface area contributed by atoms with E-state index in [1.54, 1.807) is 0 Å². The Hall–Kier alpha value is -2.62. The molecule has 38 heavy (non-hydrogen) atoms. The fourth-order valence-corrected chi connectivity index (χ4v) is 7.84. The van der Waals surface area contributed by atoms with E-state index in [9.17, 15) is 29.8 Å². The van der Waals surface area contributed by atoms with Gasteiger partial charge in [-0.25, -0.2) is 10.8 Å². The molecule has 2 aliphatic carbocycles. The first-order valence-corrected chi connectivity index (χ1v) is 14.6. The smallest absolute Gasteiger partial charge is 0.336 e.